The molecule has 0 aromatic heterocycles. The van der Waals surface area contributed by atoms with E-state index in [1.54, 1.807) is 0 Å². The molecule has 2 heterocycles. The van der Waals surface area contributed by atoms with E-state index in [0.29, 0.717) is 19.1 Å². The number of carbonyl (C=O) groups excluding carboxylic acids is 1. The van der Waals surface area contributed by atoms with Gasteiger partial charge in [0.15, 0.2) is 0 Å². The van der Waals surface area contributed by atoms with Gasteiger partial charge in [-0.1, -0.05) is 0 Å². The SMILES string of the molecule is O=C(CCC1CCCO1)N1CCCCO1. The van der Waals surface area contributed by atoms with Crippen LogP contribution in [-0.4, -0.2) is 36.8 Å². The van der Waals surface area contributed by atoms with Crippen LogP contribution < -0.4 is 0 Å². The molecule has 1 amide bonds. The third-order valence-electron chi connectivity index (χ3n) is 2.99. The molecule has 2 fully saturated rings. The predicted molar refractivity (Wildman–Crippen MR) is 55.1 cm³/mol. The summed E-state index contributed by atoms with van der Waals surface area (Å²) in [7, 11) is 0. The Kier molecular flexibility index (Phi) is 3.97. The lowest BCUT2D eigenvalue weighted by atomic mass is 10.1. The number of rotatable bonds is 3. The van der Waals surface area contributed by atoms with Crippen LogP contribution in [0.15, 0.2) is 0 Å². The normalized spacial score (nSPS) is 26.9. The van der Waals surface area contributed by atoms with Crippen molar-refractivity contribution in [3.8, 4) is 0 Å². The van der Waals surface area contributed by atoms with Crippen LogP contribution >= 0.6 is 0 Å². The maximum absolute atomic E-state index is 11.7. The molecule has 0 aromatic carbocycles. The van der Waals surface area contributed by atoms with E-state index >= 15 is 0 Å². The fraction of sp³-hybridized carbons (Fsp3) is 0.909. The zero-order chi connectivity index (χ0) is 10.5. The predicted octanol–water partition coefficient (Wildman–Crippen LogP) is 1.50. The van der Waals surface area contributed by atoms with Crippen molar-refractivity contribution < 1.29 is 14.4 Å². The average molecular weight is 213 g/mol. The van der Waals surface area contributed by atoms with Crippen molar-refractivity contribution in [1.82, 2.24) is 5.06 Å². The van der Waals surface area contributed by atoms with Crippen LogP contribution in [0.1, 0.15) is 38.5 Å². The lowest BCUT2D eigenvalue weighted by Gasteiger charge is -2.26. The molecule has 0 spiro atoms. The Balaban J connectivity index is 1.66. The maximum atomic E-state index is 11.7. The zero-order valence-electron chi connectivity index (χ0n) is 9.11. The van der Waals surface area contributed by atoms with Gasteiger partial charge in [-0.2, -0.15) is 0 Å². The highest BCUT2D eigenvalue weighted by molar-refractivity contribution is 5.75. The average Bonchev–Trinajstić information content (AvgIpc) is 2.80. The Morgan fingerprint density at radius 1 is 1.27 bits per heavy atom. The lowest BCUT2D eigenvalue weighted by molar-refractivity contribution is -0.197. The molecule has 0 saturated carbocycles. The van der Waals surface area contributed by atoms with E-state index in [1.807, 2.05) is 0 Å². The van der Waals surface area contributed by atoms with Crippen molar-refractivity contribution in [3.63, 3.8) is 0 Å². The Bertz CT molecular complexity index is 208. The highest BCUT2D eigenvalue weighted by atomic mass is 16.7. The molecule has 15 heavy (non-hydrogen) atoms. The van der Waals surface area contributed by atoms with Gasteiger partial charge in [0.25, 0.3) is 0 Å². The van der Waals surface area contributed by atoms with Gasteiger partial charge in [0.2, 0.25) is 5.91 Å². The molecular weight excluding hydrogens is 194 g/mol. The zero-order valence-corrected chi connectivity index (χ0v) is 9.11. The lowest BCUT2D eigenvalue weighted by Crippen LogP contribution is -2.36. The summed E-state index contributed by atoms with van der Waals surface area (Å²) >= 11 is 0. The Labute approximate surface area is 90.5 Å². The molecule has 2 aliphatic rings. The summed E-state index contributed by atoms with van der Waals surface area (Å²) in [5.74, 6) is 0.116. The van der Waals surface area contributed by atoms with Crippen molar-refractivity contribution in [2.24, 2.45) is 0 Å². The number of hydrogen-bond donors (Lipinski definition) is 0. The minimum atomic E-state index is 0.116. The molecular formula is C11H19NO3. The van der Waals surface area contributed by atoms with E-state index in [0.717, 1.165) is 45.3 Å². The number of carbonyl (C=O) groups is 1. The number of amides is 1. The van der Waals surface area contributed by atoms with Gasteiger partial charge in [0.1, 0.15) is 0 Å². The first-order valence-corrected chi connectivity index (χ1v) is 5.91. The molecule has 1 unspecified atom stereocenters. The van der Waals surface area contributed by atoms with Gasteiger partial charge >= 0.3 is 0 Å². The van der Waals surface area contributed by atoms with E-state index in [4.69, 9.17) is 9.57 Å². The van der Waals surface area contributed by atoms with Crippen LogP contribution in [-0.2, 0) is 14.4 Å². The van der Waals surface area contributed by atoms with Gasteiger partial charge in [-0.05, 0) is 32.1 Å². The highest BCUT2D eigenvalue weighted by Gasteiger charge is 2.21. The van der Waals surface area contributed by atoms with Crippen LogP contribution in [0.2, 0.25) is 0 Å². The summed E-state index contributed by atoms with van der Waals surface area (Å²) in [4.78, 5) is 17.0. The topological polar surface area (TPSA) is 38.8 Å². The summed E-state index contributed by atoms with van der Waals surface area (Å²) in [5, 5.41) is 1.53. The molecule has 86 valence electrons. The van der Waals surface area contributed by atoms with Gasteiger partial charge in [0, 0.05) is 19.6 Å². The van der Waals surface area contributed by atoms with Crippen LogP contribution in [0.3, 0.4) is 0 Å². The molecule has 2 aliphatic heterocycles. The second kappa shape index (κ2) is 5.47. The van der Waals surface area contributed by atoms with E-state index in [-0.39, 0.29) is 5.91 Å². The first-order chi connectivity index (χ1) is 7.36. The number of ether oxygens (including phenoxy) is 1. The van der Waals surface area contributed by atoms with E-state index in [1.165, 1.54) is 5.06 Å². The fourth-order valence-corrected chi connectivity index (χ4v) is 2.07. The molecule has 1 atom stereocenters. The van der Waals surface area contributed by atoms with E-state index in [9.17, 15) is 4.79 Å². The first kappa shape index (κ1) is 10.9. The van der Waals surface area contributed by atoms with Crippen molar-refractivity contribution in [2.45, 2.75) is 44.6 Å². The van der Waals surface area contributed by atoms with Crippen LogP contribution in [0.4, 0.5) is 0 Å². The summed E-state index contributed by atoms with van der Waals surface area (Å²) in [5.41, 5.74) is 0. The molecule has 0 aromatic rings. The maximum Gasteiger partial charge on any atom is 0.246 e. The second-order valence-electron chi connectivity index (χ2n) is 4.21. The van der Waals surface area contributed by atoms with Gasteiger partial charge in [-0.15, -0.1) is 0 Å². The van der Waals surface area contributed by atoms with Crippen molar-refractivity contribution in [2.75, 3.05) is 19.8 Å². The molecule has 0 bridgehead atoms. The van der Waals surface area contributed by atoms with E-state index in [2.05, 4.69) is 0 Å². The van der Waals surface area contributed by atoms with Crippen LogP contribution in [0, 0.1) is 0 Å². The van der Waals surface area contributed by atoms with Crippen molar-refractivity contribution >= 4 is 5.91 Å². The Morgan fingerprint density at radius 3 is 2.87 bits per heavy atom. The molecule has 0 radical (unpaired) electrons. The summed E-state index contributed by atoms with van der Waals surface area (Å²) in [6.07, 6.45) is 6.08. The van der Waals surface area contributed by atoms with Crippen LogP contribution in [0.5, 0.6) is 0 Å². The number of hydrogen-bond acceptors (Lipinski definition) is 3. The summed E-state index contributed by atoms with van der Waals surface area (Å²) < 4.78 is 5.48. The number of nitrogens with zero attached hydrogens (tertiary/aromatic N) is 1. The third kappa shape index (κ3) is 3.18. The minimum Gasteiger partial charge on any atom is -0.378 e. The molecule has 4 heteroatoms. The largest absolute Gasteiger partial charge is 0.378 e. The molecule has 4 nitrogen and oxygen atoms in total. The van der Waals surface area contributed by atoms with Crippen LogP contribution in [0.25, 0.3) is 0 Å². The molecule has 0 aliphatic carbocycles. The molecule has 2 saturated heterocycles. The Morgan fingerprint density at radius 2 is 2.20 bits per heavy atom. The quantitative estimate of drug-likeness (QED) is 0.713. The smallest absolute Gasteiger partial charge is 0.246 e. The van der Waals surface area contributed by atoms with Crippen molar-refractivity contribution in [3.05, 3.63) is 0 Å². The van der Waals surface area contributed by atoms with Gasteiger partial charge in [-0.3, -0.25) is 9.63 Å². The number of hydroxylamine groups is 2. The monoisotopic (exact) mass is 213 g/mol. The highest BCUT2D eigenvalue weighted by Crippen LogP contribution is 2.18. The second-order valence-corrected chi connectivity index (χ2v) is 4.21. The van der Waals surface area contributed by atoms with Crippen molar-refractivity contribution in [1.29, 1.82) is 0 Å². The summed E-state index contributed by atoms with van der Waals surface area (Å²) in [6, 6.07) is 0. The molecule has 0 N–H and O–H groups in total. The standard InChI is InChI=1S/C11H19NO3/c13-11(12-7-1-2-9-15-12)6-5-10-4-3-8-14-10/h10H,1-9H2. The van der Waals surface area contributed by atoms with Gasteiger partial charge in [-0.25, -0.2) is 5.06 Å². The minimum absolute atomic E-state index is 0.116. The third-order valence-corrected chi connectivity index (χ3v) is 2.99. The first-order valence-electron chi connectivity index (χ1n) is 5.91. The van der Waals surface area contributed by atoms with Gasteiger partial charge in [0.05, 0.1) is 12.7 Å². The van der Waals surface area contributed by atoms with E-state index < -0.39 is 0 Å². The Hall–Kier alpha value is -0.610. The van der Waals surface area contributed by atoms with Gasteiger partial charge < -0.3 is 4.74 Å². The summed E-state index contributed by atoms with van der Waals surface area (Å²) in [6.45, 7) is 2.30. The molecule has 2 rings (SSSR count). The fourth-order valence-electron chi connectivity index (χ4n) is 2.07.